The number of hydrogen-bond acceptors (Lipinski definition) is 2. The normalized spacial score (nSPS) is 20.8. The van der Waals surface area contributed by atoms with Crippen molar-refractivity contribution in [3.63, 3.8) is 0 Å². The Morgan fingerprint density at radius 1 is 1.23 bits per heavy atom. The van der Waals surface area contributed by atoms with Gasteiger partial charge in [-0.3, -0.25) is 0 Å². The molecule has 1 aromatic carbocycles. The maximum Gasteiger partial charge on any atom is 0.173 e. The number of ether oxygens (including phenoxy) is 1. The molecule has 0 saturated carbocycles. The van der Waals surface area contributed by atoms with Crippen molar-refractivity contribution in [3.8, 4) is 0 Å². The van der Waals surface area contributed by atoms with Gasteiger partial charge < -0.3 is 24.8 Å². The Hall–Kier alpha value is -1.21. The fraction of sp³-hybridized carbons (Fsp3) is 0.650. The average molecular weight is 379 g/mol. The van der Waals surface area contributed by atoms with Gasteiger partial charge in [0.25, 0.3) is 0 Å². The summed E-state index contributed by atoms with van der Waals surface area (Å²) >= 11 is 5.62. The molecule has 0 amide bonds. The van der Waals surface area contributed by atoms with Crippen LogP contribution in [-0.4, -0.2) is 75.6 Å². The summed E-state index contributed by atoms with van der Waals surface area (Å²) in [5.74, 6) is 0. The zero-order valence-electron chi connectivity index (χ0n) is 16.2. The van der Waals surface area contributed by atoms with Crippen molar-refractivity contribution in [1.29, 1.82) is 0 Å². The second-order valence-corrected chi connectivity index (χ2v) is 8.15. The van der Waals surface area contributed by atoms with E-state index in [2.05, 4.69) is 48.5 Å². The van der Waals surface area contributed by atoms with Gasteiger partial charge in [0, 0.05) is 31.6 Å². The van der Waals surface area contributed by atoms with Crippen LogP contribution in [0.1, 0.15) is 18.4 Å². The van der Waals surface area contributed by atoms with E-state index in [4.69, 9.17) is 17.0 Å². The minimum absolute atomic E-state index is 0.758. The van der Waals surface area contributed by atoms with Crippen LogP contribution in [0.15, 0.2) is 24.3 Å². The SMILES string of the molecule is Cc1ccc(NC(=S)N2CCC([NH+](C)CC[NH+]3CCOCC3)CC2)cc1. The lowest BCUT2D eigenvalue weighted by atomic mass is 10.0. The third-order valence-electron chi connectivity index (χ3n) is 5.85. The van der Waals surface area contributed by atoms with Gasteiger partial charge in [-0.25, -0.2) is 0 Å². The number of morpholine rings is 1. The molecule has 2 aliphatic rings. The summed E-state index contributed by atoms with van der Waals surface area (Å²) in [5, 5.41) is 4.25. The van der Waals surface area contributed by atoms with Crippen LogP contribution >= 0.6 is 12.2 Å². The number of nitrogens with one attached hydrogen (secondary N) is 3. The van der Waals surface area contributed by atoms with E-state index >= 15 is 0 Å². The number of likely N-dealkylation sites (tertiary alicyclic amines) is 1. The number of hydrogen-bond donors (Lipinski definition) is 3. The van der Waals surface area contributed by atoms with Gasteiger partial charge in [-0.2, -0.15) is 0 Å². The van der Waals surface area contributed by atoms with E-state index in [1.165, 1.54) is 44.6 Å². The van der Waals surface area contributed by atoms with Crippen LogP contribution in [0.3, 0.4) is 0 Å². The molecule has 2 heterocycles. The molecule has 1 unspecified atom stereocenters. The summed E-state index contributed by atoms with van der Waals surface area (Å²) in [7, 11) is 2.36. The lowest BCUT2D eigenvalue weighted by molar-refractivity contribution is -0.964. The second-order valence-electron chi connectivity index (χ2n) is 7.77. The Bertz CT molecular complexity index is 566. The van der Waals surface area contributed by atoms with Crippen molar-refractivity contribution < 1.29 is 14.5 Å². The molecule has 0 spiro atoms. The molecule has 2 aliphatic heterocycles. The van der Waals surface area contributed by atoms with Gasteiger partial charge in [0.15, 0.2) is 5.11 Å². The smallest absolute Gasteiger partial charge is 0.173 e. The molecule has 0 radical (unpaired) electrons. The number of thiocarbonyl (C=S) groups is 1. The highest BCUT2D eigenvalue weighted by Gasteiger charge is 2.27. The van der Waals surface area contributed by atoms with Gasteiger partial charge in [-0.05, 0) is 31.3 Å². The minimum atomic E-state index is 0.758. The Morgan fingerprint density at radius 2 is 1.88 bits per heavy atom. The first-order valence-corrected chi connectivity index (χ1v) is 10.4. The number of anilines is 1. The molecular weight excluding hydrogens is 344 g/mol. The number of benzene rings is 1. The lowest BCUT2D eigenvalue weighted by Crippen LogP contribution is -3.21. The Labute approximate surface area is 163 Å². The molecule has 3 rings (SSSR count). The van der Waals surface area contributed by atoms with Crippen LogP contribution in [0.4, 0.5) is 5.69 Å². The van der Waals surface area contributed by atoms with Gasteiger partial charge in [0.1, 0.15) is 26.2 Å². The van der Waals surface area contributed by atoms with Crippen molar-refractivity contribution in [3.05, 3.63) is 29.8 Å². The van der Waals surface area contributed by atoms with E-state index in [0.717, 1.165) is 43.1 Å². The first kappa shape index (κ1) is 19.5. The van der Waals surface area contributed by atoms with Crippen molar-refractivity contribution in [1.82, 2.24) is 4.90 Å². The summed E-state index contributed by atoms with van der Waals surface area (Å²) in [5.41, 5.74) is 2.35. The largest absolute Gasteiger partial charge is 0.370 e. The molecule has 0 bridgehead atoms. The Kier molecular flexibility index (Phi) is 7.25. The number of rotatable bonds is 5. The molecule has 0 aromatic heterocycles. The third-order valence-corrected chi connectivity index (χ3v) is 6.21. The van der Waals surface area contributed by atoms with E-state index in [1.54, 1.807) is 9.80 Å². The molecule has 2 saturated heterocycles. The summed E-state index contributed by atoms with van der Waals surface area (Å²) < 4.78 is 5.45. The van der Waals surface area contributed by atoms with Gasteiger partial charge >= 0.3 is 0 Å². The molecule has 5 nitrogen and oxygen atoms in total. The van der Waals surface area contributed by atoms with E-state index in [9.17, 15) is 0 Å². The fourth-order valence-corrected chi connectivity index (χ4v) is 4.20. The lowest BCUT2D eigenvalue weighted by Gasteiger charge is -2.36. The monoisotopic (exact) mass is 378 g/mol. The predicted molar refractivity (Wildman–Crippen MR) is 110 cm³/mol. The zero-order chi connectivity index (χ0) is 18.4. The summed E-state index contributed by atoms with van der Waals surface area (Å²) in [4.78, 5) is 5.71. The molecule has 2 fully saturated rings. The highest BCUT2D eigenvalue weighted by molar-refractivity contribution is 7.80. The van der Waals surface area contributed by atoms with Crippen LogP contribution in [0.5, 0.6) is 0 Å². The number of quaternary nitrogens is 2. The molecule has 1 aromatic rings. The Morgan fingerprint density at radius 3 is 2.54 bits per heavy atom. The second kappa shape index (κ2) is 9.65. The molecule has 3 N–H and O–H groups in total. The zero-order valence-corrected chi connectivity index (χ0v) is 17.0. The molecule has 6 heteroatoms. The summed E-state index contributed by atoms with van der Waals surface area (Å²) in [6, 6.07) is 9.19. The average Bonchev–Trinajstić information content (AvgIpc) is 2.69. The standard InChI is InChI=1S/C20H32N4OS/c1-17-3-5-18(6-4-17)21-20(26)24-9-7-19(8-10-24)22(2)11-12-23-13-15-25-16-14-23/h3-6,19H,7-16H2,1-2H3,(H,21,26)/p+2. The third kappa shape index (κ3) is 5.64. The van der Waals surface area contributed by atoms with E-state index in [0.29, 0.717) is 0 Å². The first-order valence-electron chi connectivity index (χ1n) is 9.98. The Balaban J connectivity index is 1.38. The number of piperidine rings is 1. The highest BCUT2D eigenvalue weighted by atomic mass is 32.1. The molecule has 0 aliphatic carbocycles. The van der Waals surface area contributed by atoms with Crippen molar-refractivity contribution in [2.75, 3.05) is 64.8 Å². The number of aryl methyl sites for hydroxylation is 1. The van der Waals surface area contributed by atoms with Gasteiger partial charge in [-0.15, -0.1) is 0 Å². The predicted octanol–water partition coefficient (Wildman–Crippen LogP) is -0.414. The van der Waals surface area contributed by atoms with Crippen LogP contribution in [-0.2, 0) is 4.74 Å². The number of nitrogens with zero attached hydrogens (tertiary/aromatic N) is 1. The number of likely N-dealkylation sites (N-methyl/N-ethyl adjacent to an activating group) is 1. The molecule has 1 atom stereocenters. The van der Waals surface area contributed by atoms with E-state index < -0.39 is 0 Å². The highest BCUT2D eigenvalue weighted by Crippen LogP contribution is 2.13. The topological polar surface area (TPSA) is 33.4 Å². The van der Waals surface area contributed by atoms with Crippen LogP contribution in [0.25, 0.3) is 0 Å². The maximum absolute atomic E-state index is 5.62. The summed E-state index contributed by atoms with van der Waals surface area (Å²) in [6.45, 7) is 10.9. The molecular formula is C20H34N4OS+2. The molecule has 26 heavy (non-hydrogen) atoms. The van der Waals surface area contributed by atoms with E-state index in [-0.39, 0.29) is 0 Å². The van der Waals surface area contributed by atoms with Gasteiger partial charge in [0.2, 0.25) is 0 Å². The maximum atomic E-state index is 5.62. The van der Waals surface area contributed by atoms with E-state index in [1.807, 2.05) is 0 Å². The van der Waals surface area contributed by atoms with Crippen molar-refractivity contribution in [2.45, 2.75) is 25.8 Å². The summed E-state index contributed by atoms with van der Waals surface area (Å²) in [6.07, 6.45) is 2.44. The van der Waals surface area contributed by atoms with Crippen LogP contribution in [0, 0.1) is 6.92 Å². The first-order chi connectivity index (χ1) is 12.6. The van der Waals surface area contributed by atoms with Crippen LogP contribution in [0.2, 0.25) is 0 Å². The quantitative estimate of drug-likeness (QED) is 0.609. The van der Waals surface area contributed by atoms with Crippen LogP contribution < -0.4 is 15.1 Å². The van der Waals surface area contributed by atoms with Gasteiger partial charge in [-0.1, -0.05) is 17.7 Å². The van der Waals surface area contributed by atoms with Gasteiger partial charge in [0.05, 0.1) is 26.3 Å². The van der Waals surface area contributed by atoms with Crippen molar-refractivity contribution >= 4 is 23.0 Å². The fourth-order valence-electron chi connectivity index (χ4n) is 3.90. The molecule has 144 valence electrons. The van der Waals surface area contributed by atoms with Crippen molar-refractivity contribution in [2.24, 2.45) is 0 Å². The minimum Gasteiger partial charge on any atom is -0.370 e.